The van der Waals surface area contributed by atoms with E-state index >= 15 is 0 Å². The number of hydrogen-bond donors (Lipinski definition) is 7. The number of guanidine groups is 2. The molecule has 0 aliphatic carbocycles. The molecule has 0 aromatic heterocycles. The molecule has 4 amide bonds. The van der Waals surface area contributed by atoms with Crippen LogP contribution in [0.5, 0.6) is 0 Å². The molecule has 0 bridgehead atoms. The van der Waals surface area contributed by atoms with E-state index in [0.29, 0.717) is 6.42 Å². The van der Waals surface area contributed by atoms with Crippen molar-refractivity contribution in [1.29, 1.82) is 0 Å². The summed E-state index contributed by atoms with van der Waals surface area (Å²) in [5.41, 5.74) is 22.2. The second kappa shape index (κ2) is 20.9. The fourth-order valence-electron chi connectivity index (χ4n) is 5.25. The number of carbonyl (C=O) groups excluding carboxylic acids is 6. The van der Waals surface area contributed by atoms with Crippen molar-refractivity contribution >= 4 is 47.3 Å². The zero-order valence-corrected chi connectivity index (χ0v) is 28.4. The van der Waals surface area contributed by atoms with Crippen molar-refractivity contribution in [3.8, 4) is 0 Å². The smallest absolute Gasteiger partial charge is 0.408 e. The summed E-state index contributed by atoms with van der Waals surface area (Å²) in [7, 11) is 0. The van der Waals surface area contributed by atoms with E-state index < -0.39 is 72.1 Å². The molecule has 50 heavy (non-hydrogen) atoms. The topological polar surface area (TPSA) is 280 Å². The first-order valence-corrected chi connectivity index (χ1v) is 16.4. The van der Waals surface area contributed by atoms with Gasteiger partial charge in [-0.3, -0.25) is 34.0 Å². The summed E-state index contributed by atoms with van der Waals surface area (Å²) in [5, 5.41) is 7.76. The van der Waals surface area contributed by atoms with E-state index in [9.17, 15) is 33.2 Å². The highest BCUT2D eigenvalue weighted by Gasteiger charge is 2.40. The molecule has 1 saturated heterocycles. The van der Waals surface area contributed by atoms with Crippen LogP contribution in [-0.4, -0.2) is 103 Å². The van der Waals surface area contributed by atoms with Crippen LogP contribution >= 0.6 is 0 Å². The van der Waals surface area contributed by atoms with Gasteiger partial charge in [0.1, 0.15) is 24.7 Å². The molecule has 2 rings (SSSR count). The minimum absolute atomic E-state index is 0.0198. The SMILES string of the molecule is CC(C)[C@H](NC(=O)OCc1ccccc1)C(=O)N[C@@H](CCCN=C(N)N)C(=O)N1CCC[C@H]1C(=O)NC(CCCN=C(N)N)C(=O)C(=O)CF. The van der Waals surface area contributed by atoms with Crippen molar-refractivity contribution in [1.82, 2.24) is 20.9 Å². The predicted molar refractivity (Wildman–Crippen MR) is 183 cm³/mol. The Morgan fingerprint density at radius 3 is 2.06 bits per heavy atom. The summed E-state index contributed by atoms with van der Waals surface area (Å²) in [6.45, 7) is 2.26. The van der Waals surface area contributed by atoms with E-state index in [1.807, 2.05) is 6.07 Å². The Labute approximate surface area is 290 Å². The van der Waals surface area contributed by atoms with Crippen molar-refractivity contribution in [3.63, 3.8) is 0 Å². The highest BCUT2D eigenvalue weighted by Crippen LogP contribution is 2.21. The van der Waals surface area contributed by atoms with Crippen molar-refractivity contribution in [3.05, 3.63) is 35.9 Å². The number of alkyl halides is 1. The molecule has 276 valence electrons. The van der Waals surface area contributed by atoms with Crippen LogP contribution in [0.25, 0.3) is 0 Å². The highest BCUT2D eigenvalue weighted by atomic mass is 19.1. The summed E-state index contributed by atoms with van der Waals surface area (Å²) >= 11 is 0. The molecule has 4 atom stereocenters. The van der Waals surface area contributed by atoms with Crippen LogP contribution in [0.4, 0.5) is 9.18 Å². The lowest BCUT2D eigenvalue weighted by Gasteiger charge is -2.31. The van der Waals surface area contributed by atoms with Crippen LogP contribution < -0.4 is 38.9 Å². The molecule has 1 aliphatic heterocycles. The first-order valence-electron chi connectivity index (χ1n) is 16.4. The summed E-state index contributed by atoms with van der Waals surface area (Å²) in [5.74, 6) is -5.15. The number of ether oxygens (including phenoxy) is 1. The lowest BCUT2D eigenvalue weighted by Crippen LogP contribution is -2.58. The van der Waals surface area contributed by atoms with Gasteiger partial charge in [0.25, 0.3) is 0 Å². The van der Waals surface area contributed by atoms with Gasteiger partial charge in [-0.1, -0.05) is 44.2 Å². The Kier molecular flexibility index (Phi) is 17.1. The summed E-state index contributed by atoms with van der Waals surface area (Å²) in [6, 6.07) is 4.31. The third-order valence-electron chi connectivity index (χ3n) is 7.81. The van der Waals surface area contributed by atoms with Gasteiger partial charge in [0.2, 0.25) is 29.3 Å². The number of likely N-dealkylation sites (tertiary alicyclic amines) is 1. The largest absolute Gasteiger partial charge is 0.445 e. The maximum Gasteiger partial charge on any atom is 0.408 e. The van der Waals surface area contributed by atoms with Crippen molar-refractivity contribution in [2.24, 2.45) is 38.8 Å². The van der Waals surface area contributed by atoms with Gasteiger partial charge in [0.15, 0.2) is 18.6 Å². The van der Waals surface area contributed by atoms with Crippen molar-refractivity contribution in [2.45, 2.75) is 83.1 Å². The lowest BCUT2D eigenvalue weighted by molar-refractivity contribution is -0.143. The normalized spacial score (nSPS) is 15.6. The number of nitrogens with zero attached hydrogens (tertiary/aromatic N) is 3. The van der Waals surface area contributed by atoms with E-state index in [4.69, 9.17) is 27.7 Å². The van der Waals surface area contributed by atoms with Crippen LogP contribution in [0.2, 0.25) is 0 Å². The molecule has 0 saturated carbocycles. The number of carbonyl (C=O) groups is 6. The van der Waals surface area contributed by atoms with Gasteiger partial charge < -0.3 is 48.5 Å². The zero-order chi connectivity index (χ0) is 37.2. The molecule has 1 fully saturated rings. The summed E-state index contributed by atoms with van der Waals surface area (Å²) in [4.78, 5) is 87.1. The highest BCUT2D eigenvalue weighted by molar-refractivity contribution is 6.40. The average Bonchev–Trinajstić information content (AvgIpc) is 3.58. The number of benzene rings is 1. The predicted octanol–water partition coefficient (Wildman–Crippen LogP) is -0.887. The minimum atomic E-state index is -1.54. The molecule has 1 aliphatic rings. The van der Waals surface area contributed by atoms with E-state index in [1.165, 1.54) is 4.90 Å². The molecule has 17 nitrogen and oxygen atoms in total. The van der Waals surface area contributed by atoms with Crippen LogP contribution in [0.15, 0.2) is 40.3 Å². The van der Waals surface area contributed by atoms with Crippen LogP contribution in [0.1, 0.15) is 57.9 Å². The standard InChI is InChI=1S/C32H49FN10O7/c1-19(2)25(42-32(49)50-18-20-9-4-3-5-10-20)28(47)41-22(12-7-15-39-31(36)37)29(48)43-16-8-13-23(43)27(46)40-21(26(45)24(44)17-33)11-6-14-38-30(34)35/h3-5,9-10,19,21-23,25H,6-8,11-18H2,1-2H3,(H,40,46)(H,41,47)(H,42,49)(H4,34,35,38)(H4,36,37,39)/t21?,22-,23-,25-/m0/s1. The molecular formula is C32H49FN10O7. The number of alkyl carbamates (subject to hydrolysis) is 1. The molecule has 0 radical (unpaired) electrons. The molecule has 1 unspecified atom stereocenters. The molecule has 0 spiro atoms. The van der Waals surface area contributed by atoms with Crippen LogP contribution in [0, 0.1) is 5.92 Å². The second-order valence-electron chi connectivity index (χ2n) is 12.1. The molecule has 1 aromatic rings. The van der Waals surface area contributed by atoms with E-state index in [-0.39, 0.29) is 70.3 Å². The Bertz CT molecular complexity index is 1380. The van der Waals surface area contributed by atoms with E-state index in [1.54, 1.807) is 38.1 Å². The van der Waals surface area contributed by atoms with Gasteiger partial charge in [0.05, 0.1) is 6.04 Å². The number of amides is 4. The molecule has 18 heteroatoms. The number of halogens is 1. The quantitative estimate of drug-likeness (QED) is 0.0378. The molecule has 11 N–H and O–H groups in total. The number of nitrogens with two attached hydrogens (primary N) is 4. The number of nitrogens with one attached hydrogen (secondary N) is 3. The Morgan fingerprint density at radius 1 is 0.900 bits per heavy atom. The Hall–Kier alpha value is -5.29. The number of rotatable bonds is 20. The lowest BCUT2D eigenvalue weighted by atomic mass is 10.0. The van der Waals surface area contributed by atoms with Gasteiger partial charge in [-0.2, -0.15) is 0 Å². The monoisotopic (exact) mass is 704 g/mol. The number of ketones is 2. The van der Waals surface area contributed by atoms with E-state index in [0.717, 1.165) is 5.56 Å². The van der Waals surface area contributed by atoms with E-state index in [2.05, 4.69) is 25.9 Å². The maximum absolute atomic E-state index is 14.0. The summed E-state index contributed by atoms with van der Waals surface area (Å²) < 4.78 is 18.3. The minimum Gasteiger partial charge on any atom is -0.445 e. The molecule has 1 aromatic carbocycles. The van der Waals surface area contributed by atoms with Crippen molar-refractivity contribution in [2.75, 3.05) is 26.3 Å². The third-order valence-corrected chi connectivity index (χ3v) is 7.81. The number of hydrogen-bond acceptors (Lipinski definition) is 9. The second-order valence-corrected chi connectivity index (χ2v) is 12.1. The van der Waals surface area contributed by atoms with Gasteiger partial charge in [-0.25, -0.2) is 9.18 Å². The van der Waals surface area contributed by atoms with Gasteiger partial charge >= 0.3 is 6.09 Å². The number of aliphatic imine (C=N–C) groups is 2. The Balaban J connectivity index is 2.21. The summed E-state index contributed by atoms with van der Waals surface area (Å²) in [6.07, 6.45) is 0.298. The fourth-order valence-corrected chi connectivity index (χ4v) is 5.25. The Morgan fingerprint density at radius 2 is 1.50 bits per heavy atom. The molecule has 1 heterocycles. The number of Topliss-reactive ketones (excluding diaryl/α,β-unsaturated/α-hetero) is 2. The zero-order valence-electron chi connectivity index (χ0n) is 28.4. The van der Waals surface area contributed by atoms with Crippen LogP contribution in [0.3, 0.4) is 0 Å². The average molecular weight is 705 g/mol. The van der Waals surface area contributed by atoms with Gasteiger partial charge in [0, 0.05) is 19.6 Å². The maximum atomic E-state index is 14.0. The molecular weight excluding hydrogens is 655 g/mol. The fraction of sp³-hybridized carbons (Fsp3) is 0.562. The van der Waals surface area contributed by atoms with Crippen molar-refractivity contribution < 1.29 is 37.9 Å². The first kappa shape index (κ1) is 40.9. The first-order chi connectivity index (χ1) is 23.7. The third kappa shape index (κ3) is 13.7. The van der Waals surface area contributed by atoms with Gasteiger partial charge in [-0.15, -0.1) is 0 Å². The van der Waals surface area contributed by atoms with Gasteiger partial charge in [-0.05, 0) is 50.0 Å². The van der Waals surface area contributed by atoms with Crippen LogP contribution in [-0.2, 0) is 35.3 Å².